The normalized spacial score (nSPS) is 12.0. The molecule has 1 rings (SSSR count). The van der Waals surface area contributed by atoms with Gasteiger partial charge in [-0.2, -0.15) is 0 Å². The second-order valence-corrected chi connectivity index (χ2v) is 5.86. The van der Waals surface area contributed by atoms with Gasteiger partial charge in [-0.1, -0.05) is 32.9 Å². The number of hydrogen-bond acceptors (Lipinski definition) is 2. The Labute approximate surface area is 127 Å². The van der Waals surface area contributed by atoms with E-state index in [0.29, 0.717) is 24.4 Å². The second kappa shape index (κ2) is 8.45. The zero-order valence-electron chi connectivity index (χ0n) is 13.4. The van der Waals surface area contributed by atoms with Crippen LogP contribution in [-0.2, 0) is 11.3 Å². The summed E-state index contributed by atoms with van der Waals surface area (Å²) in [6, 6.07) is 7.53. The van der Waals surface area contributed by atoms with Crippen molar-refractivity contribution in [3.05, 3.63) is 35.4 Å². The molecule has 0 aromatic heterocycles. The average molecular weight is 290 g/mol. The van der Waals surface area contributed by atoms with Crippen molar-refractivity contribution < 1.29 is 9.59 Å². The molecule has 0 fully saturated rings. The molecule has 0 unspecified atom stereocenters. The quantitative estimate of drug-likeness (QED) is 0.811. The van der Waals surface area contributed by atoms with Crippen LogP contribution in [0.5, 0.6) is 0 Å². The van der Waals surface area contributed by atoms with Gasteiger partial charge in [0.1, 0.15) is 0 Å². The van der Waals surface area contributed by atoms with Crippen molar-refractivity contribution >= 4 is 11.8 Å². The van der Waals surface area contributed by atoms with Gasteiger partial charge in [-0.3, -0.25) is 9.59 Å². The van der Waals surface area contributed by atoms with Crippen molar-refractivity contribution in [3.63, 3.8) is 0 Å². The maximum Gasteiger partial charge on any atom is 0.251 e. The summed E-state index contributed by atoms with van der Waals surface area (Å²) >= 11 is 0. The minimum absolute atomic E-state index is 0.0412. The molecule has 0 aliphatic rings. The van der Waals surface area contributed by atoms with Crippen LogP contribution < -0.4 is 10.6 Å². The van der Waals surface area contributed by atoms with E-state index in [9.17, 15) is 9.59 Å². The van der Waals surface area contributed by atoms with E-state index in [1.165, 1.54) is 0 Å². The number of benzene rings is 1. The summed E-state index contributed by atoms with van der Waals surface area (Å²) in [5.74, 6) is 0.316. The Morgan fingerprint density at radius 3 is 2.52 bits per heavy atom. The van der Waals surface area contributed by atoms with E-state index < -0.39 is 0 Å². The highest BCUT2D eigenvalue weighted by molar-refractivity contribution is 5.94. The average Bonchev–Trinajstić information content (AvgIpc) is 2.44. The minimum Gasteiger partial charge on any atom is -0.352 e. The maximum atomic E-state index is 12.1. The molecule has 21 heavy (non-hydrogen) atoms. The van der Waals surface area contributed by atoms with E-state index in [-0.39, 0.29) is 17.9 Å². The Bertz CT molecular complexity index is 483. The SMILES string of the molecule is CC[C@H](C)NC(=O)c1cccc(CNC(=O)CC(C)C)c1. The lowest BCUT2D eigenvalue weighted by molar-refractivity contribution is -0.121. The highest BCUT2D eigenvalue weighted by Crippen LogP contribution is 2.07. The van der Waals surface area contributed by atoms with Crippen LogP contribution in [0, 0.1) is 5.92 Å². The maximum absolute atomic E-state index is 12.1. The number of carbonyl (C=O) groups excluding carboxylic acids is 2. The summed E-state index contributed by atoms with van der Waals surface area (Å²) in [6.07, 6.45) is 1.42. The zero-order chi connectivity index (χ0) is 15.8. The lowest BCUT2D eigenvalue weighted by Crippen LogP contribution is -2.32. The van der Waals surface area contributed by atoms with Crippen molar-refractivity contribution in [1.82, 2.24) is 10.6 Å². The smallest absolute Gasteiger partial charge is 0.251 e. The van der Waals surface area contributed by atoms with Crippen LogP contribution in [0.15, 0.2) is 24.3 Å². The summed E-state index contributed by atoms with van der Waals surface area (Å²) < 4.78 is 0. The van der Waals surface area contributed by atoms with Crippen LogP contribution in [0.4, 0.5) is 0 Å². The third-order valence-corrected chi connectivity index (χ3v) is 3.26. The van der Waals surface area contributed by atoms with Gasteiger partial charge in [0.25, 0.3) is 5.91 Å². The standard InChI is InChI=1S/C17H26N2O2/c1-5-13(4)19-17(21)15-8-6-7-14(10-15)11-18-16(20)9-12(2)3/h6-8,10,12-13H,5,9,11H2,1-4H3,(H,18,20)(H,19,21)/t13-/m0/s1. The molecule has 2 N–H and O–H groups in total. The number of rotatable bonds is 7. The monoisotopic (exact) mass is 290 g/mol. The summed E-state index contributed by atoms with van der Waals surface area (Å²) in [5.41, 5.74) is 1.56. The Hall–Kier alpha value is -1.84. The first-order chi connectivity index (χ1) is 9.92. The van der Waals surface area contributed by atoms with Gasteiger partial charge in [0, 0.05) is 24.6 Å². The summed E-state index contributed by atoms with van der Waals surface area (Å²) in [5, 5.41) is 5.82. The Morgan fingerprint density at radius 2 is 1.90 bits per heavy atom. The fourth-order valence-electron chi connectivity index (χ4n) is 1.88. The molecule has 1 aromatic rings. The molecular formula is C17H26N2O2. The zero-order valence-corrected chi connectivity index (χ0v) is 13.4. The van der Waals surface area contributed by atoms with Crippen molar-refractivity contribution in [2.45, 2.75) is 53.1 Å². The van der Waals surface area contributed by atoms with E-state index in [2.05, 4.69) is 10.6 Å². The summed E-state index contributed by atoms with van der Waals surface area (Å²) in [4.78, 5) is 23.7. The topological polar surface area (TPSA) is 58.2 Å². The Kier molecular flexibility index (Phi) is 6.92. The predicted octanol–water partition coefficient (Wildman–Crippen LogP) is 2.88. The van der Waals surface area contributed by atoms with E-state index in [4.69, 9.17) is 0 Å². The molecule has 0 spiro atoms. The van der Waals surface area contributed by atoms with Crippen LogP contribution in [0.1, 0.15) is 56.5 Å². The second-order valence-electron chi connectivity index (χ2n) is 5.86. The number of hydrogen-bond donors (Lipinski definition) is 2. The lowest BCUT2D eigenvalue weighted by atomic mass is 10.1. The number of carbonyl (C=O) groups is 2. The van der Waals surface area contributed by atoms with Gasteiger partial charge in [-0.15, -0.1) is 0 Å². The number of amides is 2. The van der Waals surface area contributed by atoms with E-state index in [0.717, 1.165) is 12.0 Å². The van der Waals surface area contributed by atoms with E-state index in [1.54, 1.807) is 6.07 Å². The molecule has 4 heteroatoms. The van der Waals surface area contributed by atoms with Gasteiger partial charge in [0.05, 0.1) is 0 Å². The van der Waals surface area contributed by atoms with Crippen molar-refractivity contribution in [1.29, 1.82) is 0 Å². The van der Waals surface area contributed by atoms with Gasteiger partial charge in [0.15, 0.2) is 0 Å². The molecule has 0 aliphatic carbocycles. The van der Waals surface area contributed by atoms with Crippen LogP contribution >= 0.6 is 0 Å². The fraction of sp³-hybridized carbons (Fsp3) is 0.529. The third kappa shape index (κ3) is 6.43. The molecule has 0 heterocycles. The van der Waals surface area contributed by atoms with Crippen molar-refractivity contribution in [3.8, 4) is 0 Å². The van der Waals surface area contributed by atoms with E-state index in [1.807, 2.05) is 45.9 Å². The fourth-order valence-corrected chi connectivity index (χ4v) is 1.88. The molecule has 1 atom stereocenters. The van der Waals surface area contributed by atoms with Crippen LogP contribution in [0.2, 0.25) is 0 Å². The van der Waals surface area contributed by atoms with Gasteiger partial charge >= 0.3 is 0 Å². The first-order valence-electron chi connectivity index (χ1n) is 7.58. The third-order valence-electron chi connectivity index (χ3n) is 3.26. The minimum atomic E-state index is -0.0697. The molecule has 0 radical (unpaired) electrons. The van der Waals surface area contributed by atoms with Gasteiger partial charge in [-0.25, -0.2) is 0 Å². The van der Waals surface area contributed by atoms with Crippen molar-refractivity contribution in [2.24, 2.45) is 5.92 Å². The largest absolute Gasteiger partial charge is 0.352 e. The van der Waals surface area contributed by atoms with Crippen LogP contribution in [0.25, 0.3) is 0 Å². The molecule has 0 aliphatic heterocycles. The lowest BCUT2D eigenvalue weighted by Gasteiger charge is -2.12. The highest BCUT2D eigenvalue weighted by Gasteiger charge is 2.09. The first-order valence-corrected chi connectivity index (χ1v) is 7.58. The first kappa shape index (κ1) is 17.2. The molecule has 0 saturated carbocycles. The highest BCUT2D eigenvalue weighted by atomic mass is 16.2. The van der Waals surface area contributed by atoms with Crippen LogP contribution in [0.3, 0.4) is 0 Å². The molecular weight excluding hydrogens is 264 g/mol. The summed E-state index contributed by atoms with van der Waals surface area (Å²) in [7, 11) is 0. The van der Waals surface area contributed by atoms with Gasteiger partial charge < -0.3 is 10.6 Å². The molecule has 0 bridgehead atoms. The Morgan fingerprint density at radius 1 is 1.19 bits per heavy atom. The predicted molar refractivity (Wildman–Crippen MR) is 85.0 cm³/mol. The van der Waals surface area contributed by atoms with Crippen molar-refractivity contribution in [2.75, 3.05) is 0 Å². The molecule has 0 saturated heterocycles. The van der Waals surface area contributed by atoms with E-state index >= 15 is 0 Å². The molecule has 4 nitrogen and oxygen atoms in total. The Balaban J connectivity index is 2.60. The van der Waals surface area contributed by atoms with Gasteiger partial charge in [0.2, 0.25) is 5.91 Å². The van der Waals surface area contributed by atoms with Crippen LogP contribution in [-0.4, -0.2) is 17.9 Å². The molecule has 1 aromatic carbocycles. The molecule has 116 valence electrons. The number of nitrogens with one attached hydrogen (secondary N) is 2. The molecule has 2 amide bonds. The van der Waals surface area contributed by atoms with Gasteiger partial charge in [-0.05, 0) is 37.0 Å². The summed E-state index contributed by atoms with van der Waals surface area (Å²) in [6.45, 7) is 8.49.